The van der Waals surface area contributed by atoms with Crippen LogP contribution in [0.5, 0.6) is 0 Å². The SMILES string of the molecule is CCC[P+](N)=S. The third-order valence-electron chi connectivity index (χ3n) is 0.444. The van der Waals surface area contributed by atoms with Crippen LogP contribution in [0.4, 0.5) is 0 Å². The zero-order valence-electron chi connectivity index (χ0n) is 3.85. The summed E-state index contributed by atoms with van der Waals surface area (Å²) < 4.78 is 0. The second kappa shape index (κ2) is 3.66. The summed E-state index contributed by atoms with van der Waals surface area (Å²) in [5, 5.41) is 0. The molecule has 0 aliphatic carbocycles. The van der Waals surface area contributed by atoms with Gasteiger partial charge in [0.05, 0.1) is 0 Å². The lowest BCUT2D eigenvalue weighted by Gasteiger charge is -1.71. The van der Waals surface area contributed by atoms with E-state index in [1.54, 1.807) is 0 Å². The zero-order valence-corrected chi connectivity index (χ0v) is 5.56. The molecule has 0 heterocycles. The van der Waals surface area contributed by atoms with Crippen LogP contribution in [0, 0.1) is 0 Å². The standard InChI is InChI=1S/C3H9NPS/c1-2-3-5(4)6/h2-3H2,1H3,(H2,4,6)/q+1. The third kappa shape index (κ3) is 4.48. The molecular formula is C3H9NPS+. The minimum atomic E-state index is -0.517. The highest BCUT2D eigenvalue weighted by molar-refractivity contribution is 8.04. The van der Waals surface area contributed by atoms with Gasteiger partial charge in [0.25, 0.3) is 6.85 Å². The highest BCUT2D eigenvalue weighted by Crippen LogP contribution is 2.07. The van der Waals surface area contributed by atoms with Gasteiger partial charge in [-0.2, -0.15) is 0 Å². The van der Waals surface area contributed by atoms with E-state index in [4.69, 9.17) is 17.3 Å². The van der Waals surface area contributed by atoms with Crippen molar-refractivity contribution in [3.8, 4) is 0 Å². The average molecular weight is 122 g/mol. The molecular weight excluding hydrogens is 113 g/mol. The molecule has 0 rings (SSSR count). The Morgan fingerprint density at radius 3 is 2.33 bits per heavy atom. The van der Waals surface area contributed by atoms with Crippen LogP contribution in [0.15, 0.2) is 0 Å². The fourth-order valence-electron chi connectivity index (χ4n) is 0.220. The molecule has 0 radical (unpaired) electrons. The first kappa shape index (κ1) is 6.48. The van der Waals surface area contributed by atoms with E-state index in [1.165, 1.54) is 0 Å². The fraction of sp³-hybridized carbons (Fsp3) is 1.00. The van der Waals surface area contributed by atoms with Gasteiger partial charge in [0.15, 0.2) is 11.8 Å². The summed E-state index contributed by atoms with van der Waals surface area (Å²) in [4.78, 5) is 0. The van der Waals surface area contributed by atoms with Gasteiger partial charge in [0, 0.05) is 0 Å². The van der Waals surface area contributed by atoms with Crippen LogP contribution in [0.2, 0.25) is 0 Å². The molecule has 0 aromatic carbocycles. The van der Waals surface area contributed by atoms with Crippen LogP contribution in [0.1, 0.15) is 13.3 Å². The lowest BCUT2D eigenvalue weighted by atomic mass is 10.6. The summed E-state index contributed by atoms with van der Waals surface area (Å²) in [7, 11) is 0. The van der Waals surface area contributed by atoms with E-state index in [9.17, 15) is 0 Å². The Balaban J connectivity index is 2.83. The molecule has 0 amide bonds. The smallest absolute Gasteiger partial charge is 0.146 e. The molecule has 0 bridgehead atoms. The second-order valence-electron chi connectivity index (χ2n) is 1.14. The second-order valence-corrected chi connectivity index (χ2v) is 3.83. The molecule has 6 heavy (non-hydrogen) atoms. The van der Waals surface area contributed by atoms with E-state index >= 15 is 0 Å². The van der Waals surface area contributed by atoms with Gasteiger partial charge in [0.2, 0.25) is 0 Å². The first-order valence-electron chi connectivity index (χ1n) is 1.96. The molecule has 0 aromatic rings. The minimum absolute atomic E-state index is 0.517. The molecule has 2 N–H and O–H groups in total. The lowest BCUT2D eigenvalue weighted by Crippen LogP contribution is -1.80. The fourth-order valence-corrected chi connectivity index (χ4v) is 1.21. The number of nitrogens with two attached hydrogens (primary N) is 1. The molecule has 0 aliphatic heterocycles. The first-order chi connectivity index (χ1) is 2.77. The van der Waals surface area contributed by atoms with Crippen molar-refractivity contribution in [3.05, 3.63) is 0 Å². The van der Waals surface area contributed by atoms with Crippen molar-refractivity contribution >= 4 is 18.7 Å². The van der Waals surface area contributed by atoms with Crippen LogP contribution in [-0.2, 0) is 11.8 Å². The predicted molar refractivity (Wildman–Crippen MR) is 33.6 cm³/mol. The van der Waals surface area contributed by atoms with E-state index in [0.29, 0.717) is 0 Å². The van der Waals surface area contributed by atoms with Crippen molar-refractivity contribution in [1.82, 2.24) is 0 Å². The molecule has 0 fully saturated rings. The Hall–Kier alpha value is 0.480. The van der Waals surface area contributed by atoms with Crippen LogP contribution < -0.4 is 5.50 Å². The van der Waals surface area contributed by atoms with Crippen molar-refractivity contribution in [3.63, 3.8) is 0 Å². The summed E-state index contributed by atoms with van der Waals surface area (Å²) in [5.41, 5.74) is 5.28. The largest absolute Gasteiger partial charge is 0.261 e. The van der Waals surface area contributed by atoms with Crippen LogP contribution in [-0.4, -0.2) is 6.16 Å². The Labute approximate surface area is 44.4 Å². The topological polar surface area (TPSA) is 26.0 Å². The van der Waals surface area contributed by atoms with Crippen LogP contribution >= 0.6 is 6.85 Å². The molecule has 1 unspecified atom stereocenters. The summed E-state index contributed by atoms with van der Waals surface area (Å²) in [6.45, 7) is 1.57. The lowest BCUT2D eigenvalue weighted by molar-refractivity contribution is 1.10. The van der Waals surface area contributed by atoms with Crippen molar-refractivity contribution in [2.75, 3.05) is 6.16 Å². The van der Waals surface area contributed by atoms with Crippen molar-refractivity contribution < 1.29 is 0 Å². The van der Waals surface area contributed by atoms with Gasteiger partial charge in [-0.15, -0.1) is 5.50 Å². The number of hydrogen-bond donors (Lipinski definition) is 1. The molecule has 1 nitrogen and oxygen atoms in total. The summed E-state index contributed by atoms with van der Waals surface area (Å²) >= 11 is 4.72. The highest BCUT2D eigenvalue weighted by atomic mass is 32.4. The van der Waals surface area contributed by atoms with Gasteiger partial charge >= 0.3 is 0 Å². The van der Waals surface area contributed by atoms with E-state index in [0.717, 1.165) is 12.6 Å². The highest BCUT2D eigenvalue weighted by Gasteiger charge is 1.94. The van der Waals surface area contributed by atoms with Crippen LogP contribution in [0.3, 0.4) is 0 Å². The maximum Gasteiger partial charge on any atom is 0.261 e. The molecule has 0 saturated heterocycles. The number of hydrogen-bond acceptors (Lipinski definition) is 1. The molecule has 0 aliphatic rings. The number of rotatable bonds is 2. The van der Waals surface area contributed by atoms with E-state index in [1.807, 2.05) is 0 Å². The average Bonchev–Trinajstić information content (AvgIpc) is 1.35. The summed E-state index contributed by atoms with van der Waals surface area (Å²) in [5.74, 6) is 0. The monoisotopic (exact) mass is 122 g/mol. The van der Waals surface area contributed by atoms with Gasteiger partial charge in [-0.05, 0) is 6.42 Å². The predicted octanol–water partition coefficient (Wildman–Crippen LogP) is 1.21. The normalized spacial score (nSPS) is 11.3. The summed E-state index contributed by atoms with van der Waals surface area (Å²) in [6.07, 6.45) is 2.16. The summed E-state index contributed by atoms with van der Waals surface area (Å²) in [6, 6.07) is 0. The van der Waals surface area contributed by atoms with E-state index in [2.05, 4.69) is 6.92 Å². The molecule has 3 heteroatoms. The van der Waals surface area contributed by atoms with E-state index in [-0.39, 0.29) is 0 Å². The van der Waals surface area contributed by atoms with Crippen molar-refractivity contribution in [1.29, 1.82) is 0 Å². The Kier molecular flexibility index (Phi) is 3.96. The molecule has 36 valence electrons. The van der Waals surface area contributed by atoms with Crippen LogP contribution in [0.25, 0.3) is 0 Å². The third-order valence-corrected chi connectivity index (χ3v) is 1.88. The van der Waals surface area contributed by atoms with E-state index < -0.39 is 6.85 Å². The quantitative estimate of drug-likeness (QED) is 0.557. The maximum atomic E-state index is 5.28. The van der Waals surface area contributed by atoms with Gasteiger partial charge in [0.1, 0.15) is 6.16 Å². The molecule has 0 spiro atoms. The van der Waals surface area contributed by atoms with Gasteiger partial charge in [-0.3, -0.25) is 0 Å². The Morgan fingerprint density at radius 2 is 2.33 bits per heavy atom. The zero-order chi connectivity index (χ0) is 4.99. The first-order valence-corrected chi connectivity index (χ1v) is 4.57. The Bertz CT molecular complexity index is 54.8. The van der Waals surface area contributed by atoms with Crippen molar-refractivity contribution in [2.45, 2.75) is 13.3 Å². The van der Waals surface area contributed by atoms with Crippen molar-refractivity contribution in [2.24, 2.45) is 5.50 Å². The van der Waals surface area contributed by atoms with Gasteiger partial charge in [-0.1, -0.05) is 6.92 Å². The molecule has 0 saturated carbocycles. The Morgan fingerprint density at radius 1 is 1.83 bits per heavy atom. The minimum Gasteiger partial charge on any atom is -0.146 e. The maximum absolute atomic E-state index is 5.28. The molecule has 0 aromatic heterocycles. The van der Waals surface area contributed by atoms with Gasteiger partial charge < -0.3 is 0 Å². The van der Waals surface area contributed by atoms with Gasteiger partial charge in [-0.25, -0.2) is 0 Å². The molecule has 1 atom stereocenters.